The molecule has 0 radical (unpaired) electrons. The molecule has 0 heterocycles. The fourth-order valence-corrected chi connectivity index (χ4v) is 6.72. The van der Waals surface area contributed by atoms with Crippen LogP contribution in [0.1, 0.15) is 11.1 Å². The molecule has 2 N–H and O–H groups in total. The summed E-state index contributed by atoms with van der Waals surface area (Å²) in [5.41, 5.74) is 3.40. The summed E-state index contributed by atoms with van der Waals surface area (Å²) in [5, 5.41) is 42.7. The van der Waals surface area contributed by atoms with E-state index >= 15 is 0 Å². The van der Waals surface area contributed by atoms with Crippen molar-refractivity contribution >= 4 is 64.5 Å². The maximum Gasteiger partial charge on any atom is 1.00 e. The molecule has 6 rings (SSSR count). The first-order valence-corrected chi connectivity index (χ1v) is 17.1. The number of nitrogens with zero attached hydrogens (tertiary/aromatic N) is 4. The molecule has 0 fully saturated rings. The van der Waals surface area contributed by atoms with E-state index in [-0.39, 0.29) is 92.0 Å². The van der Waals surface area contributed by atoms with Crippen LogP contribution in [0.25, 0.3) is 32.7 Å². The molecule has 0 atom stereocenters. The van der Waals surface area contributed by atoms with Crippen LogP contribution >= 0.6 is 0 Å². The van der Waals surface area contributed by atoms with Crippen LogP contribution in [-0.4, -0.2) is 25.9 Å². The Hall–Kier alpha value is -3.54. The predicted octanol–water partition coefficient (Wildman–Crippen LogP) is 1.76. The van der Waals surface area contributed by atoms with Gasteiger partial charge in [-0.25, -0.2) is 0 Å². The Morgan fingerprint density at radius 3 is 1.12 bits per heavy atom. The van der Waals surface area contributed by atoms with E-state index in [0.29, 0.717) is 22.5 Å². The summed E-state index contributed by atoms with van der Waals surface area (Å²) in [7, 11) is -9.27. The van der Waals surface area contributed by atoms with Crippen LogP contribution < -0.4 is 69.3 Å². The zero-order valence-electron chi connectivity index (χ0n) is 27.2. The summed E-state index contributed by atoms with van der Waals surface area (Å²) >= 11 is 0. The average molecular weight is 727 g/mol. The Kier molecular flexibility index (Phi) is 12.1. The van der Waals surface area contributed by atoms with Crippen molar-refractivity contribution < 1.29 is 95.3 Å². The number of hydrogen-bond donors (Lipinski definition) is 2. The van der Waals surface area contributed by atoms with Gasteiger partial charge < -0.3 is 10.2 Å². The van der Waals surface area contributed by atoms with E-state index < -0.39 is 41.5 Å². The molecule has 0 aliphatic rings. The van der Waals surface area contributed by atoms with E-state index in [2.05, 4.69) is 20.5 Å². The van der Waals surface area contributed by atoms with Crippen LogP contribution in [0.4, 0.5) is 22.7 Å². The molecule has 0 amide bonds. The van der Waals surface area contributed by atoms with Crippen molar-refractivity contribution in [3.63, 3.8) is 0 Å². The van der Waals surface area contributed by atoms with Crippen molar-refractivity contribution in [2.75, 3.05) is 0 Å². The van der Waals surface area contributed by atoms with Gasteiger partial charge in [-0.15, -0.1) is 0 Å². The van der Waals surface area contributed by atoms with E-state index in [4.69, 9.17) is 0 Å². The van der Waals surface area contributed by atoms with Crippen molar-refractivity contribution in [1.29, 1.82) is 0 Å². The maximum absolute atomic E-state index is 13.0. The van der Waals surface area contributed by atoms with Gasteiger partial charge in [-0.05, 0) is 83.3 Å². The standard InChI is InChI=1S/C34H26N4O8S2.2Na/c1-19-15-21(11-13-27(19)35-37-29-17-31(47(41,42)43)23-7-3-5-9-25(23)33(29)39)22-12-14-28(20(2)16-22)36-38-30-18-32(48(44,45)46)24-8-4-6-10-26(24)34(30)40;;/h3-18,39-40H,1-2H3,(H,41,42,43)(H,44,45,46);;/q;2*+1/p-2. The van der Waals surface area contributed by atoms with Crippen molar-refractivity contribution in [3.05, 3.63) is 108 Å². The average Bonchev–Trinajstić information content (AvgIpc) is 3.04. The van der Waals surface area contributed by atoms with Crippen LogP contribution in [0.3, 0.4) is 0 Å². The number of aryl methyl sites for hydroxylation is 2. The zero-order chi connectivity index (χ0) is 34.4. The smallest absolute Gasteiger partial charge is 0.871 e. The van der Waals surface area contributed by atoms with Crippen molar-refractivity contribution in [3.8, 4) is 22.6 Å². The van der Waals surface area contributed by atoms with Gasteiger partial charge in [0.2, 0.25) is 0 Å². The summed E-state index contributed by atoms with van der Waals surface area (Å²) < 4.78 is 67.4. The molecule has 0 bridgehead atoms. The molecule has 12 nitrogen and oxygen atoms in total. The first-order valence-electron chi connectivity index (χ1n) is 14.2. The van der Waals surface area contributed by atoms with E-state index in [0.717, 1.165) is 23.3 Å². The molecule has 0 unspecified atom stereocenters. The normalized spacial score (nSPS) is 12.0. The minimum absolute atomic E-state index is 0. The molecule has 0 saturated carbocycles. The van der Waals surface area contributed by atoms with Crippen molar-refractivity contribution in [2.24, 2.45) is 20.5 Å². The van der Waals surface area contributed by atoms with Crippen molar-refractivity contribution in [1.82, 2.24) is 0 Å². The minimum Gasteiger partial charge on any atom is -0.871 e. The van der Waals surface area contributed by atoms with Gasteiger partial charge in [0.15, 0.2) is 0 Å². The Morgan fingerprint density at radius 1 is 0.480 bits per heavy atom. The minimum atomic E-state index is -4.64. The van der Waals surface area contributed by atoms with Gasteiger partial charge in [-0.1, -0.05) is 72.2 Å². The summed E-state index contributed by atoms with van der Waals surface area (Å²) in [5.74, 6) is -1.07. The number of rotatable bonds is 7. The second kappa shape index (κ2) is 15.4. The topological polar surface area (TPSA) is 204 Å². The first-order chi connectivity index (χ1) is 22.7. The maximum atomic E-state index is 13.0. The third kappa shape index (κ3) is 8.00. The van der Waals surface area contributed by atoms with Gasteiger partial charge >= 0.3 is 59.1 Å². The van der Waals surface area contributed by atoms with E-state index in [1.165, 1.54) is 24.3 Å². The molecule has 6 aromatic carbocycles. The molecular weight excluding hydrogens is 703 g/mol. The molecule has 16 heteroatoms. The SMILES string of the molecule is Cc1cc(-c2ccc(N=Nc3cc(S(=O)(=O)O)c4ccccc4c3[O-])c(C)c2)ccc1N=Nc1cc(S(=O)(=O)O)c2ccccc2c1[O-].[Na+].[Na+]. The van der Waals surface area contributed by atoms with Crippen LogP contribution in [0, 0.1) is 13.8 Å². The number of azo groups is 2. The van der Waals surface area contributed by atoms with Crippen LogP contribution in [-0.2, 0) is 20.2 Å². The molecule has 242 valence electrons. The van der Waals surface area contributed by atoms with Gasteiger partial charge in [0.1, 0.15) is 9.79 Å². The van der Waals surface area contributed by atoms with E-state index in [1.807, 2.05) is 12.1 Å². The third-order valence-electron chi connectivity index (χ3n) is 7.69. The quantitative estimate of drug-likeness (QED) is 0.141. The molecule has 0 aliphatic heterocycles. The van der Waals surface area contributed by atoms with Crippen LogP contribution in [0.5, 0.6) is 11.5 Å². The van der Waals surface area contributed by atoms with Crippen LogP contribution in [0.15, 0.2) is 127 Å². The molecule has 0 spiro atoms. The Bertz CT molecular complexity index is 2400. The summed E-state index contributed by atoms with van der Waals surface area (Å²) in [4.78, 5) is -0.878. The Morgan fingerprint density at radius 2 is 0.800 bits per heavy atom. The van der Waals surface area contributed by atoms with Gasteiger partial charge in [0, 0.05) is 10.8 Å². The Labute approximate surface area is 331 Å². The molecule has 0 aromatic heterocycles. The molecule has 6 aromatic rings. The molecule has 50 heavy (non-hydrogen) atoms. The second-order valence-electron chi connectivity index (χ2n) is 10.9. The van der Waals surface area contributed by atoms with Gasteiger partial charge in [-0.2, -0.15) is 37.3 Å². The number of benzene rings is 6. The fraction of sp³-hybridized carbons (Fsp3) is 0.0588. The number of hydrogen-bond acceptors (Lipinski definition) is 10. The van der Waals surface area contributed by atoms with E-state index in [1.54, 1.807) is 62.4 Å². The molecule has 0 saturated heterocycles. The summed E-state index contributed by atoms with van der Waals surface area (Å²) in [6.07, 6.45) is 0. The monoisotopic (exact) mass is 726 g/mol. The second-order valence-corrected chi connectivity index (χ2v) is 13.7. The third-order valence-corrected chi connectivity index (χ3v) is 9.48. The van der Waals surface area contributed by atoms with Gasteiger partial charge in [-0.3, -0.25) is 9.11 Å². The Balaban J connectivity index is 0.00000281. The van der Waals surface area contributed by atoms with Crippen molar-refractivity contribution in [2.45, 2.75) is 23.6 Å². The predicted molar refractivity (Wildman–Crippen MR) is 176 cm³/mol. The zero-order valence-corrected chi connectivity index (χ0v) is 32.8. The summed E-state index contributed by atoms with van der Waals surface area (Å²) in [6.45, 7) is 3.58. The van der Waals surface area contributed by atoms with Crippen LogP contribution in [0.2, 0.25) is 0 Å². The number of fused-ring (bicyclic) bond motifs is 2. The summed E-state index contributed by atoms with van der Waals surface area (Å²) in [6, 6.07) is 24.7. The largest absolute Gasteiger partial charge is 1.00 e. The van der Waals surface area contributed by atoms with Gasteiger partial charge in [0.25, 0.3) is 20.2 Å². The van der Waals surface area contributed by atoms with Gasteiger partial charge in [0.05, 0.1) is 22.7 Å². The first kappa shape index (κ1) is 39.2. The molecule has 0 aliphatic carbocycles. The fourth-order valence-electron chi connectivity index (χ4n) is 5.29. The van der Waals surface area contributed by atoms with E-state index in [9.17, 15) is 36.2 Å². The molecular formula is C34H24N4Na2O8S2.